The van der Waals surface area contributed by atoms with Crippen molar-refractivity contribution < 1.29 is 0 Å². The summed E-state index contributed by atoms with van der Waals surface area (Å²) in [5.41, 5.74) is 1.98. The monoisotopic (exact) mass is 346 g/mol. The molecule has 0 aliphatic carbocycles. The molecule has 1 aromatic heterocycles. The van der Waals surface area contributed by atoms with E-state index in [-0.39, 0.29) is 10.8 Å². The summed E-state index contributed by atoms with van der Waals surface area (Å²) in [6, 6.07) is 22.3. The van der Waals surface area contributed by atoms with Crippen molar-refractivity contribution in [1.82, 2.24) is 9.97 Å². The first-order valence-electron chi connectivity index (χ1n) is 8.29. The number of para-hydroxylation sites is 1. The third kappa shape index (κ3) is 3.17. The molecule has 4 rings (SSSR count). The quantitative estimate of drug-likeness (QED) is 0.561. The molecule has 0 radical (unpaired) electrons. The summed E-state index contributed by atoms with van der Waals surface area (Å²) in [5, 5.41) is 3.28. The van der Waals surface area contributed by atoms with E-state index in [1.54, 1.807) is 17.8 Å². The van der Waals surface area contributed by atoms with Crippen molar-refractivity contribution in [3.63, 3.8) is 0 Å². The second-order valence-electron chi connectivity index (χ2n) is 6.06. The number of hydrogen-bond donors (Lipinski definition) is 1. The van der Waals surface area contributed by atoms with Crippen LogP contribution in [0.25, 0.3) is 21.7 Å². The molecule has 0 saturated heterocycles. The molecular weight excluding hydrogens is 328 g/mol. The van der Waals surface area contributed by atoms with Crippen LogP contribution in [0.2, 0.25) is 0 Å². The Kier molecular flexibility index (Phi) is 4.28. The fourth-order valence-electron chi connectivity index (χ4n) is 3.01. The molecule has 0 amide bonds. The van der Waals surface area contributed by atoms with Crippen LogP contribution in [-0.4, -0.2) is 9.97 Å². The summed E-state index contributed by atoms with van der Waals surface area (Å²) in [6.07, 6.45) is 0. The molecule has 1 N–H and O–H groups in total. The third-order valence-corrected chi connectivity index (χ3v) is 5.59. The Balaban J connectivity index is 1.60. The van der Waals surface area contributed by atoms with Crippen molar-refractivity contribution in [2.24, 2.45) is 0 Å². The molecule has 4 aromatic rings. The summed E-state index contributed by atoms with van der Waals surface area (Å²) in [4.78, 5) is 19.8. The zero-order valence-electron chi connectivity index (χ0n) is 13.9. The van der Waals surface area contributed by atoms with Crippen LogP contribution in [0.5, 0.6) is 0 Å². The van der Waals surface area contributed by atoms with Crippen LogP contribution in [0.3, 0.4) is 0 Å². The molecule has 1 unspecified atom stereocenters. The Morgan fingerprint density at radius 2 is 1.68 bits per heavy atom. The van der Waals surface area contributed by atoms with E-state index in [9.17, 15) is 4.79 Å². The van der Waals surface area contributed by atoms with Gasteiger partial charge in [0.1, 0.15) is 5.82 Å². The fraction of sp³-hybridized carbons (Fsp3) is 0.143. The lowest BCUT2D eigenvalue weighted by atomic mass is 10.1. The largest absolute Gasteiger partial charge is 0.309 e. The number of benzene rings is 3. The van der Waals surface area contributed by atoms with Gasteiger partial charge >= 0.3 is 0 Å². The molecule has 0 fully saturated rings. The Morgan fingerprint density at radius 1 is 0.960 bits per heavy atom. The number of aromatic amines is 1. The lowest BCUT2D eigenvalue weighted by molar-refractivity contribution is 0.922. The van der Waals surface area contributed by atoms with Crippen molar-refractivity contribution in [1.29, 1.82) is 0 Å². The molecule has 0 saturated carbocycles. The highest BCUT2D eigenvalue weighted by molar-refractivity contribution is 7.98. The number of rotatable bonds is 4. The molecule has 25 heavy (non-hydrogen) atoms. The Morgan fingerprint density at radius 3 is 2.56 bits per heavy atom. The average molecular weight is 346 g/mol. The van der Waals surface area contributed by atoms with Crippen LogP contribution in [0.4, 0.5) is 0 Å². The van der Waals surface area contributed by atoms with E-state index in [0.29, 0.717) is 5.39 Å². The fourth-order valence-corrected chi connectivity index (χ4v) is 3.96. The van der Waals surface area contributed by atoms with Crippen LogP contribution in [0, 0.1) is 0 Å². The SMILES string of the molecule is CC(SCc1cccc2ccccc12)c1nc2ccccc2c(=O)[nH]1. The van der Waals surface area contributed by atoms with Crippen molar-refractivity contribution in [2.45, 2.75) is 17.9 Å². The number of H-pyrrole nitrogens is 1. The van der Waals surface area contributed by atoms with Crippen LogP contribution < -0.4 is 5.56 Å². The lowest BCUT2D eigenvalue weighted by Gasteiger charge is -2.12. The van der Waals surface area contributed by atoms with Gasteiger partial charge in [0, 0.05) is 5.75 Å². The average Bonchev–Trinajstić information content (AvgIpc) is 2.66. The number of nitrogens with zero attached hydrogens (tertiary/aromatic N) is 1. The first-order valence-corrected chi connectivity index (χ1v) is 9.34. The van der Waals surface area contributed by atoms with Gasteiger partial charge in [0.2, 0.25) is 0 Å². The third-order valence-electron chi connectivity index (χ3n) is 4.39. The molecule has 0 aliphatic heterocycles. The molecule has 0 bridgehead atoms. The van der Waals surface area contributed by atoms with E-state index in [1.807, 2.05) is 18.2 Å². The molecule has 124 valence electrons. The predicted molar refractivity (Wildman–Crippen MR) is 106 cm³/mol. The van der Waals surface area contributed by atoms with Gasteiger partial charge in [0.15, 0.2) is 0 Å². The van der Waals surface area contributed by atoms with Crippen LogP contribution in [0.15, 0.2) is 71.5 Å². The maximum Gasteiger partial charge on any atom is 0.258 e. The van der Waals surface area contributed by atoms with Crippen molar-refractivity contribution in [3.8, 4) is 0 Å². The van der Waals surface area contributed by atoms with Crippen LogP contribution >= 0.6 is 11.8 Å². The molecular formula is C21H18N2OS. The lowest BCUT2D eigenvalue weighted by Crippen LogP contribution is -2.12. The molecule has 0 spiro atoms. The van der Waals surface area contributed by atoms with E-state index < -0.39 is 0 Å². The van der Waals surface area contributed by atoms with E-state index in [4.69, 9.17) is 0 Å². The van der Waals surface area contributed by atoms with Crippen molar-refractivity contribution in [3.05, 3.63) is 88.5 Å². The smallest absolute Gasteiger partial charge is 0.258 e. The second-order valence-corrected chi connectivity index (χ2v) is 7.39. The highest BCUT2D eigenvalue weighted by atomic mass is 32.2. The number of thioether (sulfide) groups is 1. The van der Waals surface area contributed by atoms with Gasteiger partial charge < -0.3 is 4.98 Å². The minimum atomic E-state index is -0.0711. The maximum absolute atomic E-state index is 12.2. The normalized spacial score (nSPS) is 12.5. The summed E-state index contributed by atoms with van der Waals surface area (Å²) >= 11 is 1.78. The molecule has 0 aliphatic rings. The van der Waals surface area contributed by atoms with Gasteiger partial charge in [-0.25, -0.2) is 4.98 Å². The summed E-state index contributed by atoms with van der Waals surface area (Å²) in [6.45, 7) is 2.09. The van der Waals surface area contributed by atoms with Gasteiger partial charge in [-0.3, -0.25) is 4.79 Å². The standard InChI is InChI=1S/C21H18N2OS/c1-14(20-22-19-12-5-4-11-18(19)21(24)23-20)25-13-16-9-6-8-15-7-2-3-10-17(15)16/h2-12,14H,13H2,1H3,(H,22,23,24). The molecule has 3 aromatic carbocycles. The topological polar surface area (TPSA) is 45.8 Å². The molecule has 1 atom stereocenters. The van der Waals surface area contributed by atoms with E-state index >= 15 is 0 Å². The number of hydrogen-bond acceptors (Lipinski definition) is 3. The van der Waals surface area contributed by atoms with Gasteiger partial charge in [-0.2, -0.15) is 0 Å². The van der Waals surface area contributed by atoms with Gasteiger partial charge in [0.25, 0.3) is 5.56 Å². The minimum absolute atomic E-state index is 0.0711. The summed E-state index contributed by atoms with van der Waals surface area (Å²) in [5.74, 6) is 1.60. The maximum atomic E-state index is 12.2. The van der Waals surface area contributed by atoms with Gasteiger partial charge in [-0.05, 0) is 35.4 Å². The highest BCUT2D eigenvalue weighted by Crippen LogP contribution is 2.31. The number of aromatic nitrogens is 2. The molecule has 4 heteroatoms. The zero-order chi connectivity index (χ0) is 17.2. The van der Waals surface area contributed by atoms with Crippen molar-refractivity contribution >= 4 is 33.4 Å². The number of nitrogens with one attached hydrogen (secondary N) is 1. The Hall–Kier alpha value is -2.59. The molecule has 3 nitrogen and oxygen atoms in total. The minimum Gasteiger partial charge on any atom is -0.309 e. The summed E-state index contributed by atoms with van der Waals surface area (Å²) < 4.78 is 0. The number of fused-ring (bicyclic) bond motifs is 2. The predicted octanol–water partition coefficient (Wildman–Crippen LogP) is 5.07. The zero-order valence-corrected chi connectivity index (χ0v) is 14.7. The van der Waals surface area contributed by atoms with Crippen LogP contribution in [-0.2, 0) is 5.75 Å². The molecule has 1 heterocycles. The van der Waals surface area contributed by atoms with E-state index in [2.05, 4.69) is 59.4 Å². The van der Waals surface area contributed by atoms with E-state index in [1.165, 1.54) is 16.3 Å². The summed E-state index contributed by atoms with van der Waals surface area (Å²) in [7, 11) is 0. The first kappa shape index (κ1) is 15.9. The van der Waals surface area contributed by atoms with Gasteiger partial charge in [-0.1, -0.05) is 54.6 Å². The Labute approximate surface area is 150 Å². The van der Waals surface area contributed by atoms with Crippen LogP contribution in [0.1, 0.15) is 23.6 Å². The second kappa shape index (κ2) is 6.73. The van der Waals surface area contributed by atoms with Crippen molar-refractivity contribution in [2.75, 3.05) is 0 Å². The highest BCUT2D eigenvalue weighted by Gasteiger charge is 2.12. The van der Waals surface area contributed by atoms with Gasteiger partial charge in [-0.15, -0.1) is 11.8 Å². The van der Waals surface area contributed by atoms with E-state index in [0.717, 1.165) is 17.1 Å². The first-order chi connectivity index (χ1) is 12.2. The van der Waals surface area contributed by atoms with Gasteiger partial charge in [0.05, 0.1) is 16.2 Å². The Bertz CT molecular complexity index is 1100.